The van der Waals surface area contributed by atoms with Crippen LogP contribution in [0.25, 0.3) is 0 Å². The molecule has 0 radical (unpaired) electrons. The van der Waals surface area contributed by atoms with Crippen molar-refractivity contribution in [1.29, 1.82) is 0 Å². The molecule has 0 aliphatic heterocycles. The Kier molecular flexibility index (Phi) is 9.53. The minimum Gasteiger partial charge on any atom is -0.412 e. The van der Waals surface area contributed by atoms with E-state index in [1.54, 1.807) is 0 Å². The Bertz CT molecular complexity index is 463. The van der Waals surface area contributed by atoms with Crippen molar-refractivity contribution in [3.63, 3.8) is 0 Å². The summed E-state index contributed by atoms with van der Waals surface area (Å²) < 4.78 is 0. The lowest BCUT2D eigenvalue weighted by atomic mass is 10.0. The van der Waals surface area contributed by atoms with E-state index in [-0.39, 0.29) is 11.4 Å². The summed E-state index contributed by atoms with van der Waals surface area (Å²) in [5, 5.41) is 2.70. The van der Waals surface area contributed by atoms with Crippen molar-refractivity contribution in [2.24, 2.45) is 11.7 Å². The molecule has 126 valence electrons. The van der Waals surface area contributed by atoms with Crippen molar-refractivity contribution in [2.75, 3.05) is 5.32 Å². The molecule has 0 saturated carbocycles. The normalized spacial score (nSPS) is 11.9. The maximum absolute atomic E-state index is 11.9. The Balaban J connectivity index is 0.00000441. The van der Waals surface area contributed by atoms with Gasteiger partial charge < -0.3 is 11.2 Å². The zero-order valence-corrected chi connectivity index (χ0v) is 14.1. The average Bonchev–Trinajstić information content (AvgIpc) is 2.40. The van der Waals surface area contributed by atoms with E-state index in [1.807, 2.05) is 27.0 Å². The Hall–Kier alpha value is -1.53. The number of hydrogen-bond donors (Lipinski definition) is 2. The maximum Gasteiger partial charge on any atom is 0.243 e. The van der Waals surface area contributed by atoms with Gasteiger partial charge in [0.2, 0.25) is 11.9 Å². The van der Waals surface area contributed by atoms with Gasteiger partial charge in [0.05, 0.1) is 6.04 Å². The molecular weight excluding hydrogens is 280 g/mol. The fraction of sp³-hybridized carbons (Fsp3) is 0.688. The molecule has 0 aliphatic rings. The Morgan fingerprint density at radius 2 is 2.05 bits per heavy atom. The van der Waals surface area contributed by atoms with Gasteiger partial charge in [0.1, 0.15) is 0 Å². The molecule has 6 heteroatoms. The highest BCUT2D eigenvalue weighted by atomic mass is 16.2. The quantitative estimate of drug-likeness (QED) is 0.715. The number of aryl methyl sites for hydroxylation is 2. The number of amides is 1. The van der Waals surface area contributed by atoms with Crippen LogP contribution in [0.15, 0.2) is 6.20 Å². The van der Waals surface area contributed by atoms with Crippen LogP contribution < -0.4 is 11.1 Å². The van der Waals surface area contributed by atoms with E-state index in [2.05, 4.69) is 22.2 Å². The molecule has 0 aromatic carbocycles. The number of carbonyl (C=O) groups is 1. The molecule has 1 aromatic rings. The number of unbranched alkanes of at least 4 members (excludes halogenated alkanes) is 2. The number of aromatic nitrogens is 2. The van der Waals surface area contributed by atoms with Crippen LogP contribution in [0, 0.1) is 12.8 Å². The molecule has 6 nitrogen and oxygen atoms in total. The largest absolute Gasteiger partial charge is 0.412 e. The SMILES string of the molecule is CCCCCc1cnc(NC(=O)C(N)CC(C)C)nc1C.O. The molecule has 0 spiro atoms. The van der Waals surface area contributed by atoms with E-state index in [1.165, 1.54) is 12.8 Å². The molecule has 0 fully saturated rings. The highest BCUT2D eigenvalue weighted by molar-refractivity contribution is 5.93. The maximum atomic E-state index is 11.9. The molecule has 0 saturated heterocycles. The zero-order chi connectivity index (χ0) is 15.8. The first-order valence-corrected chi connectivity index (χ1v) is 7.83. The van der Waals surface area contributed by atoms with Gasteiger partial charge in [-0.25, -0.2) is 9.97 Å². The molecule has 1 atom stereocenters. The second-order valence-electron chi connectivity index (χ2n) is 5.99. The monoisotopic (exact) mass is 310 g/mol. The van der Waals surface area contributed by atoms with Crippen LogP contribution in [0.3, 0.4) is 0 Å². The lowest BCUT2D eigenvalue weighted by Crippen LogP contribution is -2.37. The predicted molar refractivity (Wildman–Crippen MR) is 89.7 cm³/mol. The summed E-state index contributed by atoms with van der Waals surface area (Å²) in [4.78, 5) is 20.5. The summed E-state index contributed by atoms with van der Waals surface area (Å²) in [6, 6.07) is -0.516. The number of carbonyl (C=O) groups excluding carboxylic acids is 1. The molecule has 0 bridgehead atoms. The summed E-state index contributed by atoms with van der Waals surface area (Å²) in [7, 11) is 0. The van der Waals surface area contributed by atoms with E-state index in [4.69, 9.17) is 5.73 Å². The first kappa shape index (κ1) is 20.5. The smallest absolute Gasteiger partial charge is 0.243 e. The lowest BCUT2D eigenvalue weighted by molar-refractivity contribution is -0.117. The summed E-state index contributed by atoms with van der Waals surface area (Å²) in [6.45, 7) is 8.22. The lowest BCUT2D eigenvalue weighted by Gasteiger charge is -2.14. The zero-order valence-electron chi connectivity index (χ0n) is 14.1. The van der Waals surface area contributed by atoms with Gasteiger partial charge in [-0.2, -0.15) is 0 Å². The second-order valence-corrected chi connectivity index (χ2v) is 5.99. The molecule has 0 aliphatic carbocycles. The Morgan fingerprint density at radius 1 is 1.36 bits per heavy atom. The molecule has 1 amide bonds. The van der Waals surface area contributed by atoms with Crippen molar-refractivity contribution in [1.82, 2.24) is 9.97 Å². The predicted octanol–water partition coefficient (Wildman–Crippen LogP) is 2.00. The first-order valence-electron chi connectivity index (χ1n) is 7.83. The molecule has 22 heavy (non-hydrogen) atoms. The van der Waals surface area contributed by atoms with Crippen molar-refractivity contribution in [2.45, 2.75) is 65.8 Å². The molecule has 1 aromatic heterocycles. The number of nitrogens with two attached hydrogens (primary N) is 1. The van der Waals surface area contributed by atoms with Gasteiger partial charge in [0, 0.05) is 11.9 Å². The summed E-state index contributed by atoms with van der Waals surface area (Å²) in [5.41, 5.74) is 7.92. The third-order valence-electron chi connectivity index (χ3n) is 3.43. The topological polar surface area (TPSA) is 112 Å². The van der Waals surface area contributed by atoms with Gasteiger partial charge in [0.15, 0.2) is 0 Å². The van der Waals surface area contributed by atoms with Gasteiger partial charge in [-0.1, -0.05) is 33.6 Å². The van der Waals surface area contributed by atoms with Gasteiger partial charge in [-0.05, 0) is 37.7 Å². The van der Waals surface area contributed by atoms with E-state index >= 15 is 0 Å². The number of hydrogen-bond acceptors (Lipinski definition) is 4. The summed E-state index contributed by atoms with van der Waals surface area (Å²) in [6.07, 6.45) is 7.00. The fourth-order valence-electron chi connectivity index (χ4n) is 2.18. The molecular formula is C16H30N4O2. The van der Waals surface area contributed by atoms with Gasteiger partial charge in [0.25, 0.3) is 0 Å². The summed E-state index contributed by atoms with van der Waals surface area (Å²) >= 11 is 0. The van der Waals surface area contributed by atoms with E-state index in [9.17, 15) is 4.79 Å². The molecule has 1 unspecified atom stereocenters. The van der Waals surface area contributed by atoms with E-state index < -0.39 is 6.04 Å². The van der Waals surface area contributed by atoms with Crippen LogP contribution >= 0.6 is 0 Å². The number of rotatable bonds is 8. The van der Waals surface area contributed by atoms with Gasteiger partial charge in [-0.15, -0.1) is 0 Å². The standard InChI is InChI=1S/C16H28N4O.H2O/c1-5-6-7-8-13-10-18-16(19-12(13)4)20-15(21)14(17)9-11(2)3;/h10-11,14H,5-9,17H2,1-4H3,(H,18,19,20,21);1H2. The van der Waals surface area contributed by atoms with Gasteiger partial charge >= 0.3 is 0 Å². The molecule has 5 N–H and O–H groups in total. The average molecular weight is 310 g/mol. The fourth-order valence-corrected chi connectivity index (χ4v) is 2.18. The highest BCUT2D eigenvalue weighted by Crippen LogP contribution is 2.12. The minimum absolute atomic E-state index is 0. The van der Waals surface area contributed by atoms with Crippen LogP contribution in [-0.4, -0.2) is 27.4 Å². The second kappa shape index (κ2) is 10.2. The number of nitrogens with one attached hydrogen (secondary N) is 1. The van der Waals surface area contributed by atoms with Crippen LogP contribution in [0.4, 0.5) is 5.95 Å². The van der Waals surface area contributed by atoms with E-state index in [0.717, 1.165) is 24.1 Å². The van der Waals surface area contributed by atoms with Crippen LogP contribution in [0.5, 0.6) is 0 Å². The Labute approximate surface area is 133 Å². The highest BCUT2D eigenvalue weighted by Gasteiger charge is 2.16. The number of nitrogens with zero attached hydrogens (tertiary/aromatic N) is 2. The van der Waals surface area contributed by atoms with Gasteiger partial charge in [-0.3, -0.25) is 10.1 Å². The molecule has 1 rings (SSSR count). The van der Waals surface area contributed by atoms with Crippen LogP contribution in [0.2, 0.25) is 0 Å². The van der Waals surface area contributed by atoms with Crippen molar-refractivity contribution in [3.05, 3.63) is 17.5 Å². The van der Waals surface area contributed by atoms with E-state index in [0.29, 0.717) is 18.3 Å². The van der Waals surface area contributed by atoms with Crippen LogP contribution in [0.1, 0.15) is 57.7 Å². The Morgan fingerprint density at radius 3 is 2.59 bits per heavy atom. The minimum atomic E-state index is -0.516. The summed E-state index contributed by atoms with van der Waals surface area (Å²) in [5.74, 6) is 0.507. The molecule has 1 heterocycles. The third kappa shape index (κ3) is 6.95. The van der Waals surface area contributed by atoms with Crippen LogP contribution in [-0.2, 0) is 11.2 Å². The first-order chi connectivity index (χ1) is 9.93. The van der Waals surface area contributed by atoms with Crippen molar-refractivity contribution < 1.29 is 10.3 Å². The van der Waals surface area contributed by atoms with Crippen molar-refractivity contribution >= 4 is 11.9 Å². The number of anilines is 1. The third-order valence-corrected chi connectivity index (χ3v) is 3.43. The van der Waals surface area contributed by atoms with Crippen molar-refractivity contribution in [3.8, 4) is 0 Å².